The summed E-state index contributed by atoms with van der Waals surface area (Å²) in [6, 6.07) is 10.9. The minimum Gasteiger partial charge on any atom is -0.397 e. The van der Waals surface area contributed by atoms with Crippen LogP contribution in [0, 0.1) is 0 Å². The molecule has 0 radical (unpaired) electrons. The van der Waals surface area contributed by atoms with Gasteiger partial charge in [-0.1, -0.05) is 18.2 Å². The molecule has 9 heteroatoms. The van der Waals surface area contributed by atoms with Gasteiger partial charge in [-0.05, 0) is 30.3 Å². The SMILES string of the molecule is CC(=O)NC(=O)Nc1ccc(S(=O)(=O)Oc2ccccc2)cc1N. The zero-order chi connectivity index (χ0) is 17.7. The van der Waals surface area contributed by atoms with E-state index in [4.69, 9.17) is 9.92 Å². The van der Waals surface area contributed by atoms with Crippen LogP contribution in [0.4, 0.5) is 16.2 Å². The number of imide groups is 1. The van der Waals surface area contributed by atoms with Crippen LogP contribution >= 0.6 is 0 Å². The van der Waals surface area contributed by atoms with Crippen LogP contribution in [0.5, 0.6) is 5.75 Å². The molecule has 126 valence electrons. The number of hydrogen-bond donors (Lipinski definition) is 3. The van der Waals surface area contributed by atoms with Crippen molar-refractivity contribution < 1.29 is 22.2 Å². The van der Waals surface area contributed by atoms with Crippen molar-refractivity contribution in [2.75, 3.05) is 11.1 Å². The predicted octanol–water partition coefficient (Wildman–Crippen LogP) is 1.70. The highest BCUT2D eigenvalue weighted by molar-refractivity contribution is 7.87. The van der Waals surface area contributed by atoms with E-state index in [1.54, 1.807) is 18.2 Å². The fourth-order valence-electron chi connectivity index (χ4n) is 1.77. The molecule has 2 rings (SSSR count). The second-order valence-electron chi connectivity index (χ2n) is 4.73. The number of benzene rings is 2. The van der Waals surface area contributed by atoms with Crippen molar-refractivity contribution in [3.05, 3.63) is 48.5 Å². The molecule has 0 heterocycles. The number of para-hydroxylation sites is 1. The molecule has 0 saturated heterocycles. The maximum absolute atomic E-state index is 12.2. The zero-order valence-corrected chi connectivity index (χ0v) is 13.5. The molecular weight excluding hydrogens is 334 g/mol. The monoisotopic (exact) mass is 349 g/mol. The maximum Gasteiger partial charge on any atom is 0.339 e. The largest absolute Gasteiger partial charge is 0.397 e. The van der Waals surface area contributed by atoms with Crippen molar-refractivity contribution in [1.29, 1.82) is 0 Å². The molecule has 8 nitrogen and oxygen atoms in total. The van der Waals surface area contributed by atoms with Gasteiger partial charge in [0.1, 0.15) is 10.6 Å². The van der Waals surface area contributed by atoms with E-state index in [1.165, 1.54) is 31.2 Å². The van der Waals surface area contributed by atoms with E-state index in [0.717, 1.165) is 6.07 Å². The normalized spacial score (nSPS) is 10.7. The second-order valence-corrected chi connectivity index (χ2v) is 6.28. The first-order valence-electron chi connectivity index (χ1n) is 6.75. The van der Waals surface area contributed by atoms with Crippen molar-refractivity contribution in [3.63, 3.8) is 0 Å². The molecule has 0 aliphatic rings. The lowest BCUT2D eigenvalue weighted by molar-refractivity contribution is -0.117. The van der Waals surface area contributed by atoms with Crippen LogP contribution in [-0.4, -0.2) is 20.4 Å². The van der Waals surface area contributed by atoms with Gasteiger partial charge in [0.25, 0.3) is 0 Å². The van der Waals surface area contributed by atoms with Crippen LogP contribution in [0.25, 0.3) is 0 Å². The smallest absolute Gasteiger partial charge is 0.339 e. The van der Waals surface area contributed by atoms with Crippen LogP contribution in [0.2, 0.25) is 0 Å². The average Bonchev–Trinajstić information content (AvgIpc) is 2.49. The van der Waals surface area contributed by atoms with Gasteiger partial charge in [0.2, 0.25) is 5.91 Å². The van der Waals surface area contributed by atoms with Crippen molar-refractivity contribution in [2.45, 2.75) is 11.8 Å². The number of rotatable bonds is 4. The van der Waals surface area contributed by atoms with Crippen LogP contribution < -0.4 is 20.6 Å². The standard InChI is InChI=1S/C15H15N3O5S/c1-10(19)17-15(20)18-14-8-7-12(9-13(14)16)24(21,22)23-11-5-3-2-4-6-11/h2-9H,16H2,1H3,(H2,17,18,19,20). The lowest BCUT2D eigenvalue weighted by Crippen LogP contribution is -2.32. The Morgan fingerprint density at radius 1 is 1.08 bits per heavy atom. The van der Waals surface area contributed by atoms with Crippen LogP contribution in [0.3, 0.4) is 0 Å². The van der Waals surface area contributed by atoms with E-state index < -0.39 is 22.1 Å². The van der Waals surface area contributed by atoms with E-state index >= 15 is 0 Å². The highest BCUT2D eigenvalue weighted by Crippen LogP contribution is 2.25. The quantitative estimate of drug-likeness (QED) is 0.569. The molecule has 0 aliphatic carbocycles. The molecule has 0 saturated carbocycles. The summed E-state index contributed by atoms with van der Waals surface area (Å²) in [6.07, 6.45) is 0. The Balaban J connectivity index is 2.19. The molecule has 0 aromatic heterocycles. The topological polar surface area (TPSA) is 128 Å². The lowest BCUT2D eigenvalue weighted by Gasteiger charge is -2.11. The van der Waals surface area contributed by atoms with Crippen LogP contribution in [0.15, 0.2) is 53.4 Å². The Bertz CT molecular complexity index is 866. The van der Waals surface area contributed by atoms with Gasteiger partial charge in [0, 0.05) is 6.92 Å². The molecule has 2 aromatic carbocycles. The fourth-order valence-corrected chi connectivity index (χ4v) is 2.74. The highest BCUT2D eigenvalue weighted by Gasteiger charge is 2.18. The summed E-state index contributed by atoms with van der Waals surface area (Å²) in [7, 11) is -4.06. The first-order chi connectivity index (χ1) is 11.3. The number of amides is 3. The summed E-state index contributed by atoms with van der Waals surface area (Å²) < 4.78 is 29.4. The number of nitrogens with one attached hydrogen (secondary N) is 2. The molecule has 0 aliphatic heterocycles. The number of carbonyl (C=O) groups is 2. The van der Waals surface area contributed by atoms with Crippen LogP contribution in [0.1, 0.15) is 6.92 Å². The van der Waals surface area contributed by atoms with Gasteiger partial charge in [0.05, 0.1) is 11.4 Å². The van der Waals surface area contributed by atoms with Gasteiger partial charge in [-0.15, -0.1) is 0 Å². The molecule has 4 N–H and O–H groups in total. The fraction of sp³-hybridized carbons (Fsp3) is 0.0667. The van der Waals surface area contributed by atoms with Gasteiger partial charge in [-0.3, -0.25) is 10.1 Å². The van der Waals surface area contributed by atoms with Crippen molar-refractivity contribution in [3.8, 4) is 5.75 Å². The summed E-state index contributed by atoms with van der Waals surface area (Å²) >= 11 is 0. The predicted molar refractivity (Wildman–Crippen MR) is 87.9 cm³/mol. The molecular formula is C15H15N3O5S. The van der Waals surface area contributed by atoms with E-state index in [1.807, 2.05) is 5.32 Å². The minimum atomic E-state index is -4.06. The summed E-state index contributed by atoms with van der Waals surface area (Å²) in [5, 5.41) is 4.35. The number of nitrogen functional groups attached to an aromatic ring is 1. The first-order valence-corrected chi connectivity index (χ1v) is 8.16. The van der Waals surface area contributed by atoms with Gasteiger partial charge < -0.3 is 15.2 Å². The summed E-state index contributed by atoms with van der Waals surface area (Å²) in [4.78, 5) is 22.1. The Labute approximate surface area is 138 Å². The van der Waals surface area contributed by atoms with Gasteiger partial charge >= 0.3 is 16.1 Å². The van der Waals surface area contributed by atoms with Crippen molar-refractivity contribution in [1.82, 2.24) is 5.32 Å². The third-order valence-corrected chi connectivity index (χ3v) is 4.04. The Morgan fingerprint density at radius 3 is 2.33 bits per heavy atom. The molecule has 2 aromatic rings. The maximum atomic E-state index is 12.2. The molecule has 0 spiro atoms. The molecule has 0 unspecified atom stereocenters. The molecule has 0 fully saturated rings. The number of anilines is 2. The third kappa shape index (κ3) is 4.46. The number of hydrogen-bond acceptors (Lipinski definition) is 6. The number of urea groups is 1. The van der Waals surface area contributed by atoms with Gasteiger partial charge in [-0.25, -0.2) is 4.79 Å². The molecule has 3 amide bonds. The molecule has 0 bridgehead atoms. The van der Waals surface area contributed by atoms with Crippen molar-refractivity contribution in [2.24, 2.45) is 0 Å². The average molecular weight is 349 g/mol. The minimum absolute atomic E-state index is 0.00596. The lowest BCUT2D eigenvalue weighted by atomic mass is 10.3. The summed E-state index contributed by atoms with van der Waals surface area (Å²) in [6.45, 7) is 1.18. The van der Waals surface area contributed by atoms with Crippen molar-refractivity contribution >= 4 is 33.4 Å². The van der Waals surface area contributed by atoms with E-state index in [2.05, 4.69) is 5.32 Å². The Kier molecular flexibility index (Phi) is 5.05. The third-order valence-electron chi connectivity index (χ3n) is 2.80. The summed E-state index contributed by atoms with van der Waals surface area (Å²) in [5.74, 6) is -0.374. The van der Waals surface area contributed by atoms with Gasteiger partial charge in [0.15, 0.2) is 0 Å². The molecule has 0 atom stereocenters. The zero-order valence-electron chi connectivity index (χ0n) is 12.6. The van der Waals surface area contributed by atoms with E-state index in [9.17, 15) is 18.0 Å². The number of nitrogens with two attached hydrogens (primary N) is 1. The highest BCUT2D eigenvalue weighted by atomic mass is 32.2. The number of carbonyl (C=O) groups excluding carboxylic acids is 2. The Morgan fingerprint density at radius 2 is 1.75 bits per heavy atom. The van der Waals surface area contributed by atoms with Crippen LogP contribution in [-0.2, 0) is 14.9 Å². The van der Waals surface area contributed by atoms with Gasteiger partial charge in [-0.2, -0.15) is 8.42 Å². The van der Waals surface area contributed by atoms with E-state index in [0.29, 0.717) is 0 Å². The molecule has 24 heavy (non-hydrogen) atoms. The summed E-state index contributed by atoms with van der Waals surface area (Å²) in [5.41, 5.74) is 5.91. The second kappa shape index (κ2) is 7.01. The Hall–Kier alpha value is -3.07. The first kappa shape index (κ1) is 17.3. The van der Waals surface area contributed by atoms with E-state index in [-0.39, 0.29) is 22.0 Å².